The first kappa shape index (κ1) is 6.94. The van der Waals surface area contributed by atoms with Gasteiger partial charge in [0.2, 0.25) is 0 Å². The summed E-state index contributed by atoms with van der Waals surface area (Å²) >= 11 is 2.07. The van der Waals surface area contributed by atoms with Gasteiger partial charge in [0, 0.05) is 10.5 Å². The van der Waals surface area contributed by atoms with Gasteiger partial charge in [0.1, 0.15) is 0 Å². The van der Waals surface area contributed by atoms with Crippen LogP contribution in [0.15, 0.2) is 12.2 Å². The quantitative estimate of drug-likeness (QED) is 0.422. The highest BCUT2D eigenvalue weighted by Crippen LogP contribution is 1.80. The standard InChI is InChI=1S/C4H5IO2/c5-3-1-2-4(6)7/h1-2H,3H2,(H,6,7)/b2-1+. The number of carbonyl (C=O) groups is 1. The predicted molar refractivity (Wildman–Crippen MR) is 35.7 cm³/mol. The minimum atomic E-state index is -0.878. The first-order valence-electron chi connectivity index (χ1n) is 1.73. The van der Waals surface area contributed by atoms with Gasteiger partial charge in [-0.05, 0) is 0 Å². The average molecular weight is 212 g/mol. The smallest absolute Gasteiger partial charge is 0.328 e. The van der Waals surface area contributed by atoms with Crippen molar-refractivity contribution in [2.24, 2.45) is 0 Å². The molecule has 7 heavy (non-hydrogen) atoms. The zero-order chi connectivity index (χ0) is 5.70. The maximum absolute atomic E-state index is 9.67. The average Bonchev–Trinajstić information content (AvgIpc) is 1.61. The van der Waals surface area contributed by atoms with Crippen LogP contribution in [-0.2, 0) is 4.79 Å². The Labute approximate surface area is 55.4 Å². The molecule has 0 fully saturated rings. The number of carboxylic acid groups (broad SMARTS) is 1. The lowest BCUT2D eigenvalue weighted by molar-refractivity contribution is -0.131. The van der Waals surface area contributed by atoms with Gasteiger partial charge in [-0.3, -0.25) is 0 Å². The van der Waals surface area contributed by atoms with E-state index in [0.29, 0.717) is 0 Å². The number of aliphatic carboxylic acids is 1. The van der Waals surface area contributed by atoms with Crippen molar-refractivity contribution in [3.8, 4) is 0 Å². The van der Waals surface area contributed by atoms with Crippen molar-refractivity contribution in [3.63, 3.8) is 0 Å². The fraction of sp³-hybridized carbons (Fsp3) is 0.250. The Morgan fingerprint density at radius 1 is 1.86 bits per heavy atom. The maximum Gasteiger partial charge on any atom is 0.328 e. The second-order valence-corrected chi connectivity index (χ2v) is 1.78. The largest absolute Gasteiger partial charge is 0.478 e. The van der Waals surface area contributed by atoms with E-state index in [4.69, 9.17) is 5.11 Å². The van der Waals surface area contributed by atoms with Crippen molar-refractivity contribution in [3.05, 3.63) is 12.2 Å². The molecule has 0 aromatic rings. The summed E-state index contributed by atoms with van der Waals surface area (Å²) < 4.78 is 0.754. The normalized spacial score (nSPS) is 9.86. The van der Waals surface area contributed by atoms with Crippen LogP contribution in [0, 0.1) is 0 Å². The van der Waals surface area contributed by atoms with Crippen molar-refractivity contribution in [2.45, 2.75) is 0 Å². The minimum absolute atomic E-state index is 0.754. The minimum Gasteiger partial charge on any atom is -0.478 e. The summed E-state index contributed by atoms with van der Waals surface area (Å²) in [4.78, 5) is 9.67. The molecule has 0 saturated heterocycles. The Bertz CT molecular complexity index is 87.7. The SMILES string of the molecule is O=C(O)/C=C/CI. The van der Waals surface area contributed by atoms with Crippen molar-refractivity contribution in [1.82, 2.24) is 0 Å². The lowest BCUT2D eigenvalue weighted by Gasteiger charge is -1.72. The van der Waals surface area contributed by atoms with Gasteiger partial charge in [-0.2, -0.15) is 0 Å². The van der Waals surface area contributed by atoms with Crippen LogP contribution in [0.25, 0.3) is 0 Å². The van der Waals surface area contributed by atoms with Crippen LogP contribution in [0.4, 0.5) is 0 Å². The first-order valence-corrected chi connectivity index (χ1v) is 3.25. The number of carboxylic acids is 1. The van der Waals surface area contributed by atoms with Crippen molar-refractivity contribution < 1.29 is 9.90 Å². The van der Waals surface area contributed by atoms with E-state index in [-0.39, 0.29) is 0 Å². The van der Waals surface area contributed by atoms with Crippen molar-refractivity contribution >= 4 is 28.6 Å². The molecule has 0 heterocycles. The number of halogens is 1. The molecule has 0 rings (SSSR count). The number of alkyl halides is 1. The first-order chi connectivity index (χ1) is 3.27. The Kier molecular flexibility index (Phi) is 4.07. The number of allylic oxidation sites excluding steroid dienone is 1. The van der Waals surface area contributed by atoms with Gasteiger partial charge in [0.25, 0.3) is 0 Å². The highest BCUT2D eigenvalue weighted by atomic mass is 127. The summed E-state index contributed by atoms with van der Waals surface area (Å²) in [5.74, 6) is -0.878. The van der Waals surface area contributed by atoms with Crippen molar-refractivity contribution in [2.75, 3.05) is 4.43 Å². The lowest BCUT2D eigenvalue weighted by Crippen LogP contribution is -1.84. The van der Waals surface area contributed by atoms with Gasteiger partial charge < -0.3 is 5.11 Å². The number of hydrogen-bond acceptors (Lipinski definition) is 1. The molecule has 0 atom stereocenters. The van der Waals surface area contributed by atoms with E-state index in [1.165, 1.54) is 0 Å². The zero-order valence-electron chi connectivity index (χ0n) is 3.60. The van der Waals surface area contributed by atoms with E-state index in [2.05, 4.69) is 22.6 Å². The summed E-state index contributed by atoms with van der Waals surface area (Å²) in [6.07, 6.45) is 2.72. The summed E-state index contributed by atoms with van der Waals surface area (Å²) in [5.41, 5.74) is 0. The monoisotopic (exact) mass is 212 g/mol. The summed E-state index contributed by atoms with van der Waals surface area (Å²) in [5, 5.41) is 7.95. The zero-order valence-corrected chi connectivity index (χ0v) is 5.75. The predicted octanol–water partition coefficient (Wildman–Crippen LogP) is 1.06. The van der Waals surface area contributed by atoms with Crippen LogP contribution in [0.5, 0.6) is 0 Å². The third-order valence-corrected chi connectivity index (χ3v) is 0.858. The molecule has 0 radical (unpaired) electrons. The van der Waals surface area contributed by atoms with Gasteiger partial charge in [-0.25, -0.2) is 4.79 Å². The highest BCUT2D eigenvalue weighted by molar-refractivity contribution is 14.1. The van der Waals surface area contributed by atoms with Gasteiger partial charge >= 0.3 is 5.97 Å². The molecule has 0 aliphatic heterocycles. The maximum atomic E-state index is 9.67. The second-order valence-electron chi connectivity index (χ2n) is 0.895. The molecule has 2 nitrogen and oxygen atoms in total. The topological polar surface area (TPSA) is 37.3 Å². The van der Waals surface area contributed by atoms with Gasteiger partial charge in [0.05, 0.1) is 0 Å². The molecule has 0 unspecified atom stereocenters. The summed E-state index contributed by atoms with van der Waals surface area (Å²) in [6, 6.07) is 0. The molecule has 0 aromatic carbocycles. The van der Waals surface area contributed by atoms with E-state index in [1.54, 1.807) is 6.08 Å². The number of rotatable bonds is 2. The number of hydrogen-bond donors (Lipinski definition) is 1. The van der Waals surface area contributed by atoms with Crippen LogP contribution in [0.2, 0.25) is 0 Å². The van der Waals surface area contributed by atoms with Gasteiger partial charge in [-0.1, -0.05) is 28.7 Å². The van der Waals surface area contributed by atoms with E-state index in [0.717, 1.165) is 10.5 Å². The molecule has 0 aliphatic rings. The third kappa shape index (κ3) is 5.94. The van der Waals surface area contributed by atoms with E-state index in [1.807, 2.05) is 0 Å². The van der Waals surface area contributed by atoms with E-state index < -0.39 is 5.97 Å². The molecule has 0 aliphatic carbocycles. The molecule has 40 valence electrons. The molecule has 3 heteroatoms. The Morgan fingerprint density at radius 2 is 2.43 bits per heavy atom. The second kappa shape index (κ2) is 4.11. The Morgan fingerprint density at radius 3 is 2.57 bits per heavy atom. The lowest BCUT2D eigenvalue weighted by atomic mass is 10.5. The summed E-state index contributed by atoms with van der Waals surface area (Å²) in [6.45, 7) is 0. The molecule has 0 saturated carbocycles. The van der Waals surface area contributed by atoms with Crippen LogP contribution in [0.1, 0.15) is 0 Å². The van der Waals surface area contributed by atoms with E-state index in [9.17, 15) is 4.79 Å². The van der Waals surface area contributed by atoms with Crippen LogP contribution >= 0.6 is 22.6 Å². The van der Waals surface area contributed by atoms with Crippen LogP contribution in [-0.4, -0.2) is 15.5 Å². The van der Waals surface area contributed by atoms with E-state index >= 15 is 0 Å². The molecule has 1 N–H and O–H groups in total. The molecule has 0 bridgehead atoms. The highest BCUT2D eigenvalue weighted by Gasteiger charge is 1.79. The molecule has 0 spiro atoms. The van der Waals surface area contributed by atoms with Crippen LogP contribution < -0.4 is 0 Å². The fourth-order valence-corrected chi connectivity index (χ4v) is 0.400. The Hall–Kier alpha value is -0.0600. The van der Waals surface area contributed by atoms with Gasteiger partial charge in [-0.15, -0.1) is 0 Å². The van der Waals surface area contributed by atoms with Crippen LogP contribution in [0.3, 0.4) is 0 Å². The summed E-state index contributed by atoms with van der Waals surface area (Å²) in [7, 11) is 0. The fourth-order valence-electron chi connectivity index (χ4n) is 0.145. The van der Waals surface area contributed by atoms with Crippen molar-refractivity contribution in [1.29, 1.82) is 0 Å². The third-order valence-electron chi connectivity index (χ3n) is 0.350. The van der Waals surface area contributed by atoms with Gasteiger partial charge in [0.15, 0.2) is 0 Å². The molecule has 0 amide bonds. The molecular formula is C4H5IO2. The molecular weight excluding hydrogens is 207 g/mol. The Balaban J connectivity index is 3.26. The molecule has 0 aromatic heterocycles.